The van der Waals surface area contributed by atoms with Crippen LogP contribution in [0, 0.1) is 0 Å². The summed E-state index contributed by atoms with van der Waals surface area (Å²) in [5.74, 6) is 1.41. The van der Waals surface area contributed by atoms with Gasteiger partial charge in [-0.05, 0) is 56.6 Å². The van der Waals surface area contributed by atoms with E-state index in [2.05, 4.69) is 0 Å². The molecule has 0 amide bonds. The van der Waals surface area contributed by atoms with Gasteiger partial charge < -0.3 is 13.9 Å². The molecule has 0 aliphatic rings. The highest BCUT2D eigenvalue weighted by atomic mass is 28.4. The maximum atomic E-state index is 11.6. The molecule has 0 spiro atoms. The van der Waals surface area contributed by atoms with Crippen molar-refractivity contribution in [1.29, 1.82) is 0 Å². The lowest BCUT2D eigenvalue weighted by Crippen LogP contribution is -2.28. The highest BCUT2D eigenvalue weighted by molar-refractivity contribution is 6.71. The maximum absolute atomic E-state index is 11.6. The predicted octanol–water partition coefficient (Wildman–Crippen LogP) is 3.79. The Hall–Kier alpha value is -1.49. The van der Waals surface area contributed by atoms with Crippen LogP contribution in [-0.4, -0.2) is 28.5 Å². The van der Waals surface area contributed by atoms with Gasteiger partial charge in [-0.15, -0.1) is 0 Å². The summed E-state index contributed by atoms with van der Waals surface area (Å²) in [6, 6.07) is 5.93. The monoisotopic (exact) mass is 310 g/mol. The molecule has 0 aliphatic heterocycles. The van der Waals surface area contributed by atoms with Gasteiger partial charge in [0.15, 0.2) is 11.5 Å². The second kappa shape index (κ2) is 8.07. The molecule has 0 N–H and O–H groups in total. The van der Waals surface area contributed by atoms with Gasteiger partial charge in [-0.3, -0.25) is 4.79 Å². The third-order valence-corrected chi connectivity index (χ3v) is 3.80. The van der Waals surface area contributed by atoms with E-state index in [1.807, 2.05) is 37.8 Å². The van der Waals surface area contributed by atoms with Crippen LogP contribution < -0.4 is 9.47 Å². The quantitative estimate of drug-likeness (QED) is 0.541. The molecule has 21 heavy (non-hydrogen) atoms. The first-order valence-electron chi connectivity index (χ1n) is 7.28. The van der Waals surface area contributed by atoms with E-state index in [1.165, 1.54) is 5.56 Å². The van der Waals surface area contributed by atoms with Crippen molar-refractivity contribution in [3.8, 4) is 11.5 Å². The second-order valence-electron chi connectivity index (χ2n) is 5.98. The van der Waals surface area contributed by atoms with E-state index in [4.69, 9.17) is 13.9 Å². The number of unbranched alkanes of at least 4 members (excludes halogenated alkanes) is 1. The molecule has 1 rings (SSSR count). The molecule has 0 fully saturated rings. The summed E-state index contributed by atoms with van der Waals surface area (Å²) >= 11 is 0. The summed E-state index contributed by atoms with van der Waals surface area (Å²) < 4.78 is 15.9. The molecule has 118 valence electrons. The van der Waals surface area contributed by atoms with Crippen molar-refractivity contribution in [3.05, 3.63) is 23.8 Å². The van der Waals surface area contributed by atoms with Crippen LogP contribution in [0.15, 0.2) is 18.2 Å². The third-order valence-electron chi connectivity index (χ3n) is 2.96. The van der Waals surface area contributed by atoms with E-state index >= 15 is 0 Å². The number of hydrogen-bond acceptors (Lipinski definition) is 4. The van der Waals surface area contributed by atoms with E-state index in [-0.39, 0.29) is 5.97 Å². The molecule has 1 aromatic rings. The minimum Gasteiger partial charge on any atom is -0.520 e. The van der Waals surface area contributed by atoms with Crippen molar-refractivity contribution in [1.82, 2.24) is 0 Å². The average Bonchev–Trinajstić information content (AvgIpc) is 2.41. The summed E-state index contributed by atoms with van der Waals surface area (Å²) in [6.07, 6.45) is 3.21. The van der Waals surface area contributed by atoms with Crippen molar-refractivity contribution < 1.29 is 18.7 Å². The fraction of sp³-hybridized carbons (Fsp3) is 0.562. The molecule has 4 nitrogen and oxygen atoms in total. The zero-order chi connectivity index (χ0) is 15.9. The van der Waals surface area contributed by atoms with Crippen molar-refractivity contribution >= 4 is 14.3 Å². The van der Waals surface area contributed by atoms with Crippen LogP contribution in [-0.2, 0) is 15.6 Å². The van der Waals surface area contributed by atoms with Gasteiger partial charge in [0, 0.05) is 6.42 Å². The first-order chi connectivity index (χ1) is 9.85. The standard InChI is InChI=1S/C16H26O4Si/c1-18-14-11-10-13(12-15(14)19-2)8-6-7-9-16(17)20-21(3,4)5/h10-12H,6-9H2,1-5H3. The number of methoxy groups -OCH3 is 2. The molecular weight excluding hydrogens is 284 g/mol. The molecule has 0 saturated carbocycles. The molecule has 5 heteroatoms. The normalized spacial score (nSPS) is 11.1. The zero-order valence-corrected chi connectivity index (χ0v) is 14.7. The van der Waals surface area contributed by atoms with E-state index in [0.717, 1.165) is 30.8 Å². The van der Waals surface area contributed by atoms with Crippen LogP contribution in [0.2, 0.25) is 19.6 Å². The lowest BCUT2D eigenvalue weighted by molar-refractivity contribution is -0.135. The highest BCUT2D eigenvalue weighted by Crippen LogP contribution is 2.28. The Morgan fingerprint density at radius 1 is 1.05 bits per heavy atom. The van der Waals surface area contributed by atoms with E-state index in [1.54, 1.807) is 14.2 Å². The van der Waals surface area contributed by atoms with Crippen molar-refractivity contribution in [2.45, 2.75) is 45.3 Å². The topological polar surface area (TPSA) is 44.8 Å². The molecule has 0 heterocycles. The van der Waals surface area contributed by atoms with Gasteiger partial charge >= 0.3 is 0 Å². The van der Waals surface area contributed by atoms with Gasteiger partial charge in [0.1, 0.15) is 0 Å². The van der Waals surface area contributed by atoms with E-state index in [9.17, 15) is 4.79 Å². The summed E-state index contributed by atoms with van der Waals surface area (Å²) in [5.41, 5.74) is 1.19. The first-order valence-corrected chi connectivity index (χ1v) is 10.7. The number of aryl methyl sites for hydroxylation is 1. The molecule has 0 saturated heterocycles. The fourth-order valence-electron chi connectivity index (χ4n) is 2.03. The minimum atomic E-state index is -1.75. The molecule has 0 aliphatic carbocycles. The van der Waals surface area contributed by atoms with Crippen molar-refractivity contribution in [2.24, 2.45) is 0 Å². The predicted molar refractivity (Wildman–Crippen MR) is 86.5 cm³/mol. The Balaban J connectivity index is 2.38. The number of benzene rings is 1. The Labute approximate surface area is 128 Å². The van der Waals surface area contributed by atoms with Gasteiger partial charge in [-0.25, -0.2) is 0 Å². The van der Waals surface area contributed by atoms with E-state index in [0.29, 0.717) is 6.42 Å². The molecule has 0 bridgehead atoms. The van der Waals surface area contributed by atoms with Crippen LogP contribution in [0.1, 0.15) is 24.8 Å². The first kappa shape index (κ1) is 17.6. The van der Waals surface area contributed by atoms with Gasteiger partial charge in [-0.1, -0.05) is 6.07 Å². The van der Waals surface area contributed by atoms with Crippen LogP contribution in [0.25, 0.3) is 0 Å². The number of hydrogen-bond donors (Lipinski definition) is 0. The second-order valence-corrected chi connectivity index (χ2v) is 10.4. The minimum absolute atomic E-state index is 0.0681. The van der Waals surface area contributed by atoms with Crippen molar-refractivity contribution in [2.75, 3.05) is 14.2 Å². The average molecular weight is 310 g/mol. The Morgan fingerprint density at radius 2 is 1.71 bits per heavy atom. The molecule has 0 radical (unpaired) electrons. The van der Waals surface area contributed by atoms with Crippen molar-refractivity contribution in [3.63, 3.8) is 0 Å². The fourth-order valence-corrected chi connectivity index (χ4v) is 2.81. The largest absolute Gasteiger partial charge is 0.520 e. The summed E-state index contributed by atoms with van der Waals surface area (Å²) in [6.45, 7) is 6.07. The lowest BCUT2D eigenvalue weighted by Gasteiger charge is -2.17. The van der Waals surface area contributed by atoms with Crippen LogP contribution >= 0.6 is 0 Å². The van der Waals surface area contributed by atoms with Gasteiger partial charge in [-0.2, -0.15) is 0 Å². The smallest absolute Gasteiger partial charge is 0.292 e. The van der Waals surface area contributed by atoms with Crippen LogP contribution in [0.3, 0.4) is 0 Å². The number of carbonyl (C=O) groups excluding carboxylic acids is 1. The molecule has 0 atom stereocenters. The van der Waals surface area contributed by atoms with Crippen LogP contribution in [0.5, 0.6) is 11.5 Å². The molecule has 1 aromatic carbocycles. The number of ether oxygens (including phenoxy) is 2. The molecular formula is C16H26O4Si. The van der Waals surface area contributed by atoms with E-state index < -0.39 is 8.32 Å². The highest BCUT2D eigenvalue weighted by Gasteiger charge is 2.19. The number of carbonyl (C=O) groups is 1. The number of rotatable bonds is 8. The lowest BCUT2D eigenvalue weighted by atomic mass is 10.1. The van der Waals surface area contributed by atoms with Crippen LogP contribution in [0.4, 0.5) is 0 Å². The Kier molecular flexibility index (Phi) is 6.75. The summed E-state index contributed by atoms with van der Waals surface area (Å²) in [4.78, 5) is 11.6. The van der Waals surface area contributed by atoms with Gasteiger partial charge in [0.2, 0.25) is 8.32 Å². The summed E-state index contributed by atoms with van der Waals surface area (Å²) in [5, 5.41) is 0. The van der Waals surface area contributed by atoms with Gasteiger partial charge in [0.05, 0.1) is 14.2 Å². The third kappa shape index (κ3) is 6.66. The maximum Gasteiger partial charge on any atom is 0.292 e. The van der Waals surface area contributed by atoms with Gasteiger partial charge in [0.25, 0.3) is 5.97 Å². The SMILES string of the molecule is COc1ccc(CCCCC(=O)O[Si](C)(C)C)cc1OC. The Morgan fingerprint density at radius 3 is 2.29 bits per heavy atom. The zero-order valence-electron chi connectivity index (χ0n) is 13.7. The Bertz CT molecular complexity index is 466. The molecule has 0 unspecified atom stereocenters. The molecule has 0 aromatic heterocycles. The summed E-state index contributed by atoms with van der Waals surface area (Å²) in [7, 11) is 1.51.